The Morgan fingerprint density at radius 2 is 2.27 bits per heavy atom. The van der Waals surface area contributed by atoms with Gasteiger partial charge < -0.3 is 5.73 Å². The van der Waals surface area contributed by atoms with E-state index in [1.165, 1.54) is 0 Å². The Bertz CT molecular complexity index is 248. The number of carbonyl (C=O) groups excluding carboxylic acids is 1. The van der Waals surface area contributed by atoms with Gasteiger partial charge in [0, 0.05) is 5.57 Å². The first kappa shape index (κ1) is 7.79. The van der Waals surface area contributed by atoms with E-state index < -0.39 is 0 Å². The first-order valence-electron chi connectivity index (χ1n) is 3.56. The third kappa shape index (κ3) is 1.80. The second-order valence-electron chi connectivity index (χ2n) is 2.50. The second kappa shape index (κ2) is 3.19. The van der Waals surface area contributed by atoms with Crippen LogP contribution in [-0.2, 0) is 4.79 Å². The fourth-order valence-electron chi connectivity index (χ4n) is 1.03. The quantitative estimate of drug-likeness (QED) is 0.632. The van der Waals surface area contributed by atoms with Crippen molar-refractivity contribution in [1.82, 2.24) is 0 Å². The van der Waals surface area contributed by atoms with Crippen LogP contribution in [0, 0.1) is 0 Å². The lowest BCUT2D eigenvalue weighted by molar-refractivity contribution is -0.114. The van der Waals surface area contributed by atoms with E-state index in [4.69, 9.17) is 5.73 Å². The third-order valence-corrected chi connectivity index (χ3v) is 1.76. The minimum absolute atomic E-state index is 0.315. The number of allylic oxidation sites excluding steroid dienone is 4. The van der Waals surface area contributed by atoms with Crippen LogP contribution in [0.5, 0.6) is 0 Å². The fourth-order valence-corrected chi connectivity index (χ4v) is 1.03. The highest BCUT2D eigenvalue weighted by molar-refractivity contribution is 5.92. The van der Waals surface area contributed by atoms with E-state index >= 15 is 0 Å². The van der Waals surface area contributed by atoms with Crippen LogP contribution in [0.1, 0.15) is 12.8 Å². The lowest BCUT2D eigenvalue weighted by Crippen LogP contribution is -2.14. The van der Waals surface area contributed by atoms with Crippen LogP contribution in [0.3, 0.4) is 0 Å². The Labute approximate surface area is 66.1 Å². The van der Waals surface area contributed by atoms with Crippen LogP contribution < -0.4 is 5.73 Å². The maximum Gasteiger partial charge on any atom is 0.244 e. The molecule has 0 aromatic carbocycles. The molecule has 1 aliphatic carbocycles. The van der Waals surface area contributed by atoms with E-state index in [2.05, 4.69) is 6.58 Å². The van der Waals surface area contributed by atoms with Gasteiger partial charge in [0.05, 0.1) is 0 Å². The SMILES string of the molecule is C=CC1=CC=C(C(N)=O)CC1. The van der Waals surface area contributed by atoms with Crippen LogP contribution in [-0.4, -0.2) is 5.91 Å². The highest BCUT2D eigenvalue weighted by Crippen LogP contribution is 2.17. The summed E-state index contributed by atoms with van der Waals surface area (Å²) in [6.45, 7) is 3.64. The molecule has 0 bridgehead atoms. The van der Waals surface area contributed by atoms with E-state index in [0.717, 1.165) is 18.4 Å². The molecule has 0 saturated heterocycles. The zero-order valence-corrected chi connectivity index (χ0v) is 6.34. The third-order valence-electron chi connectivity index (χ3n) is 1.76. The maximum atomic E-state index is 10.6. The van der Waals surface area contributed by atoms with Gasteiger partial charge >= 0.3 is 0 Å². The molecule has 0 saturated carbocycles. The highest BCUT2D eigenvalue weighted by Gasteiger charge is 2.07. The van der Waals surface area contributed by atoms with E-state index in [-0.39, 0.29) is 5.91 Å². The first-order chi connectivity index (χ1) is 5.24. The first-order valence-corrected chi connectivity index (χ1v) is 3.56. The molecule has 58 valence electrons. The van der Waals surface area contributed by atoms with Crippen LogP contribution in [0.25, 0.3) is 0 Å². The Morgan fingerprint density at radius 1 is 1.55 bits per heavy atom. The summed E-state index contributed by atoms with van der Waals surface area (Å²) in [4.78, 5) is 10.6. The lowest BCUT2D eigenvalue weighted by Gasteiger charge is -2.08. The lowest BCUT2D eigenvalue weighted by atomic mass is 9.98. The molecular weight excluding hydrogens is 138 g/mol. The summed E-state index contributed by atoms with van der Waals surface area (Å²) in [7, 11) is 0. The van der Waals surface area contributed by atoms with Crippen LogP contribution in [0.4, 0.5) is 0 Å². The van der Waals surface area contributed by atoms with Gasteiger partial charge in [0.25, 0.3) is 0 Å². The molecule has 0 aromatic rings. The number of amides is 1. The highest BCUT2D eigenvalue weighted by atomic mass is 16.1. The summed E-state index contributed by atoms with van der Waals surface area (Å²) >= 11 is 0. The van der Waals surface area contributed by atoms with Gasteiger partial charge in [-0.15, -0.1) is 0 Å². The topological polar surface area (TPSA) is 43.1 Å². The number of hydrogen-bond donors (Lipinski definition) is 1. The van der Waals surface area contributed by atoms with E-state index in [1.807, 2.05) is 6.08 Å². The summed E-state index contributed by atoms with van der Waals surface area (Å²) in [5.41, 5.74) is 6.96. The molecule has 0 unspecified atom stereocenters. The van der Waals surface area contributed by atoms with Gasteiger partial charge in [0.15, 0.2) is 0 Å². The van der Waals surface area contributed by atoms with Gasteiger partial charge in [-0.3, -0.25) is 4.79 Å². The number of hydrogen-bond acceptors (Lipinski definition) is 1. The molecule has 0 radical (unpaired) electrons. The fraction of sp³-hybridized carbons (Fsp3) is 0.222. The molecular formula is C9H11NO. The molecule has 1 aliphatic rings. The van der Waals surface area contributed by atoms with Gasteiger partial charge in [-0.05, 0) is 18.4 Å². The van der Waals surface area contributed by atoms with Crippen LogP contribution in [0.15, 0.2) is 36.0 Å². The standard InChI is InChI=1S/C9H11NO/c1-2-7-3-5-8(6-4-7)9(10)11/h2-3,5H,1,4,6H2,(H2,10,11). The largest absolute Gasteiger partial charge is 0.366 e. The molecule has 0 fully saturated rings. The summed E-state index contributed by atoms with van der Waals surface area (Å²) < 4.78 is 0. The van der Waals surface area contributed by atoms with Gasteiger partial charge in [-0.25, -0.2) is 0 Å². The van der Waals surface area contributed by atoms with Crippen molar-refractivity contribution >= 4 is 5.91 Å². The summed E-state index contributed by atoms with van der Waals surface area (Å²) in [5, 5.41) is 0. The molecule has 0 aliphatic heterocycles. The molecule has 0 spiro atoms. The Balaban J connectivity index is 2.76. The molecule has 1 amide bonds. The molecule has 2 N–H and O–H groups in total. The minimum Gasteiger partial charge on any atom is -0.366 e. The molecule has 2 heteroatoms. The van der Waals surface area contributed by atoms with Gasteiger partial charge in [0.2, 0.25) is 5.91 Å². The molecule has 1 rings (SSSR count). The van der Waals surface area contributed by atoms with E-state index in [1.54, 1.807) is 12.2 Å². The summed E-state index contributed by atoms with van der Waals surface area (Å²) in [6.07, 6.45) is 7.07. The zero-order chi connectivity index (χ0) is 8.27. The minimum atomic E-state index is -0.315. The molecule has 11 heavy (non-hydrogen) atoms. The second-order valence-corrected chi connectivity index (χ2v) is 2.50. The van der Waals surface area contributed by atoms with Gasteiger partial charge in [-0.2, -0.15) is 0 Å². The number of carbonyl (C=O) groups is 1. The van der Waals surface area contributed by atoms with Crippen LogP contribution >= 0.6 is 0 Å². The van der Waals surface area contributed by atoms with Crippen LogP contribution in [0.2, 0.25) is 0 Å². The van der Waals surface area contributed by atoms with E-state index in [0.29, 0.717) is 5.57 Å². The van der Waals surface area contributed by atoms with Crippen molar-refractivity contribution < 1.29 is 4.79 Å². The molecule has 0 heterocycles. The van der Waals surface area contributed by atoms with Crippen molar-refractivity contribution in [2.24, 2.45) is 5.73 Å². The van der Waals surface area contributed by atoms with Gasteiger partial charge in [-0.1, -0.05) is 24.8 Å². The van der Waals surface area contributed by atoms with Crippen molar-refractivity contribution in [3.05, 3.63) is 36.0 Å². The average Bonchev–Trinajstić information content (AvgIpc) is 2.05. The smallest absolute Gasteiger partial charge is 0.244 e. The average molecular weight is 149 g/mol. The monoisotopic (exact) mass is 149 g/mol. The van der Waals surface area contributed by atoms with Crippen molar-refractivity contribution in [2.75, 3.05) is 0 Å². The van der Waals surface area contributed by atoms with Crippen molar-refractivity contribution in [1.29, 1.82) is 0 Å². The normalized spacial score (nSPS) is 16.7. The zero-order valence-electron chi connectivity index (χ0n) is 6.34. The van der Waals surface area contributed by atoms with Crippen molar-refractivity contribution in [2.45, 2.75) is 12.8 Å². The summed E-state index contributed by atoms with van der Waals surface area (Å²) in [6, 6.07) is 0. The summed E-state index contributed by atoms with van der Waals surface area (Å²) in [5.74, 6) is -0.315. The molecule has 0 aromatic heterocycles. The van der Waals surface area contributed by atoms with Crippen molar-refractivity contribution in [3.63, 3.8) is 0 Å². The Hall–Kier alpha value is -1.31. The Morgan fingerprint density at radius 3 is 2.64 bits per heavy atom. The maximum absolute atomic E-state index is 10.6. The Kier molecular flexibility index (Phi) is 2.26. The van der Waals surface area contributed by atoms with Crippen molar-refractivity contribution in [3.8, 4) is 0 Å². The predicted molar refractivity (Wildman–Crippen MR) is 44.8 cm³/mol. The van der Waals surface area contributed by atoms with E-state index in [9.17, 15) is 4.79 Å². The number of primary amides is 1. The predicted octanol–water partition coefficient (Wildman–Crippen LogP) is 1.30. The molecule has 2 nitrogen and oxygen atoms in total. The molecule has 0 atom stereocenters. The number of rotatable bonds is 2. The number of nitrogens with two attached hydrogens (primary N) is 1. The van der Waals surface area contributed by atoms with Gasteiger partial charge in [0.1, 0.15) is 0 Å².